The Kier molecular flexibility index (Phi) is 5.59. The van der Waals surface area contributed by atoms with Gasteiger partial charge < -0.3 is 4.74 Å². The molecule has 0 aliphatic carbocycles. The highest BCUT2D eigenvalue weighted by Gasteiger charge is 2.39. The zero-order valence-electron chi connectivity index (χ0n) is 9.70. The molecule has 0 atom stereocenters. The van der Waals surface area contributed by atoms with Crippen LogP contribution in [0.4, 0.5) is 0 Å². The maximum absolute atomic E-state index is 11.8. The van der Waals surface area contributed by atoms with E-state index in [1.54, 1.807) is 12.1 Å². The molecule has 7 heteroatoms. The molecule has 0 saturated heterocycles. The van der Waals surface area contributed by atoms with Crippen LogP contribution in [0.2, 0.25) is 0 Å². The van der Waals surface area contributed by atoms with Crippen LogP contribution in [0.3, 0.4) is 0 Å². The van der Waals surface area contributed by atoms with Gasteiger partial charge in [0.15, 0.2) is 0 Å². The molecule has 3 nitrogen and oxygen atoms in total. The highest BCUT2D eigenvalue weighted by molar-refractivity contribution is 7.97. The molecule has 1 rings (SSSR count). The zero-order chi connectivity index (χ0) is 13.8. The molecular formula is C11H13Cl3O3S. The average Bonchev–Trinajstić information content (AvgIpc) is 2.28. The van der Waals surface area contributed by atoms with E-state index in [1.165, 1.54) is 12.1 Å². The first kappa shape index (κ1) is 15.9. The lowest BCUT2D eigenvalue weighted by Gasteiger charge is -2.12. The molecule has 0 bridgehead atoms. The van der Waals surface area contributed by atoms with E-state index in [0.29, 0.717) is 12.4 Å². The monoisotopic (exact) mass is 330 g/mol. The van der Waals surface area contributed by atoms with Gasteiger partial charge in [0.25, 0.3) is 3.12 Å². The summed E-state index contributed by atoms with van der Waals surface area (Å²) in [5.41, 5.74) is 0. The zero-order valence-corrected chi connectivity index (χ0v) is 12.8. The summed E-state index contributed by atoms with van der Waals surface area (Å²) < 4.78 is 26.6. The number of alkyl halides is 3. The van der Waals surface area contributed by atoms with Gasteiger partial charge in [-0.3, -0.25) is 0 Å². The smallest absolute Gasteiger partial charge is 0.296 e. The largest absolute Gasteiger partial charge is 0.494 e. The molecule has 0 spiro atoms. The lowest BCUT2D eigenvalue weighted by molar-refractivity contribution is 0.309. The number of hydrogen-bond acceptors (Lipinski definition) is 3. The summed E-state index contributed by atoms with van der Waals surface area (Å²) in [7, 11) is -3.98. The summed E-state index contributed by atoms with van der Waals surface area (Å²) >= 11 is 16.2. The Morgan fingerprint density at radius 2 is 1.72 bits per heavy atom. The van der Waals surface area contributed by atoms with Gasteiger partial charge in [-0.15, -0.1) is 0 Å². The van der Waals surface area contributed by atoms with Crippen molar-refractivity contribution < 1.29 is 13.2 Å². The van der Waals surface area contributed by atoms with E-state index in [1.807, 2.05) is 0 Å². The normalized spacial score (nSPS) is 12.4. The van der Waals surface area contributed by atoms with Gasteiger partial charge in [0.1, 0.15) is 5.75 Å². The van der Waals surface area contributed by atoms with Crippen molar-refractivity contribution in [2.75, 3.05) is 6.61 Å². The van der Waals surface area contributed by atoms with Crippen LogP contribution in [0.1, 0.15) is 19.8 Å². The van der Waals surface area contributed by atoms with E-state index in [-0.39, 0.29) is 4.90 Å². The first-order chi connectivity index (χ1) is 8.29. The van der Waals surface area contributed by atoms with Gasteiger partial charge in [-0.1, -0.05) is 48.1 Å². The first-order valence-electron chi connectivity index (χ1n) is 5.33. The van der Waals surface area contributed by atoms with Gasteiger partial charge >= 0.3 is 0 Å². The Morgan fingerprint density at radius 3 is 2.17 bits per heavy atom. The maximum Gasteiger partial charge on any atom is 0.296 e. The molecule has 18 heavy (non-hydrogen) atoms. The molecule has 0 unspecified atom stereocenters. The second kappa shape index (κ2) is 6.33. The maximum atomic E-state index is 11.8. The Labute approximate surface area is 122 Å². The standard InChI is InChI=1S/C11H13Cl3O3S/c1-2-3-8-17-9-4-6-10(7-5-9)18(15,16)11(12,13)14/h4-7H,2-3,8H2,1H3. The molecule has 0 aliphatic heterocycles. The van der Waals surface area contributed by atoms with Crippen LogP contribution in [0.25, 0.3) is 0 Å². The molecule has 0 N–H and O–H groups in total. The Balaban J connectivity index is 2.84. The van der Waals surface area contributed by atoms with Gasteiger partial charge in [0.05, 0.1) is 11.5 Å². The van der Waals surface area contributed by atoms with Crippen LogP contribution in [0, 0.1) is 0 Å². The Bertz CT molecular complexity index is 477. The van der Waals surface area contributed by atoms with Crippen molar-refractivity contribution in [3.8, 4) is 5.75 Å². The Hall–Kier alpha value is -0.160. The van der Waals surface area contributed by atoms with Gasteiger partial charge in [0.2, 0.25) is 9.84 Å². The van der Waals surface area contributed by atoms with E-state index >= 15 is 0 Å². The minimum absolute atomic E-state index is 0.0506. The number of hydrogen-bond donors (Lipinski definition) is 0. The van der Waals surface area contributed by atoms with Crippen molar-refractivity contribution >= 4 is 44.6 Å². The fraction of sp³-hybridized carbons (Fsp3) is 0.455. The molecule has 1 aromatic rings. The lowest BCUT2D eigenvalue weighted by Crippen LogP contribution is -2.19. The van der Waals surface area contributed by atoms with Crippen LogP contribution in [0.5, 0.6) is 5.75 Å². The molecule has 0 aliphatic rings. The SMILES string of the molecule is CCCCOc1ccc(S(=O)(=O)C(Cl)(Cl)Cl)cc1. The molecule has 0 amide bonds. The third kappa shape index (κ3) is 3.92. The fourth-order valence-electron chi connectivity index (χ4n) is 1.18. The number of unbranched alkanes of at least 4 members (excludes halogenated alkanes) is 1. The predicted octanol–water partition coefficient (Wildman–Crippen LogP) is 3.97. The first-order valence-corrected chi connectivity index (χ1v) is 7.95. The van der Waals surface area contributed by atoms with Gasteiger partial charge in [-0.2, -0.15) is 0 Å². The molecule has 0 radical (unpaired) electrons. The van der Waals surface area contributed by atoms with Crippen LogP contribution in [0.15, 0.2) is 29.2 Å². The highest BCUT2D eigenvalue weighted by Crippen LogP contribution is 2.37. The van der Waals surface area contributed by atoms with Gasteiger partial charge in [0, 0.05) is 0 Å². The molecule has 0 saturated carbocycles. The highest BCUT2D eigenvalue weighted by atomic mass is 35.6. The molecular weight excluding hydrogens is 319 g/mol. The molecule has 0 aromatic heterocycles. The van der Waals surface area contributed by atoms with Gasteiger partial charge in [-0.05, 0) is 30.7 Å². The topological polar surface area (TPSA) is 43.4 Å². The summed E-state index contributed by atoms with van der Waals surface area (Å²) in [6.45, 7) is 2.65. The third-order valence-corrected chi connectivity index (χ3v) is 5.54. The predicted molar refractivity (Wildman–Crippen MR) is 74.3 cm³/mol. The molecule has 0 fully saturated rings. The van der Waals surface area contributed by atoms with Crippen molar-refractivity contribution in [2.45, 2.75) is 27.8 Å². The van der Waals surface area contributed by atoms with Crippen LogP contribution < -0.4 is 4.74 Å². The fourth-order valence-corrected chi connectivity index (χ4v) is 2.75. The summed E-state index contributed by atoms with van der Waals surface area (Å²) in [4.78, 5) is -0.0506. The lowest BCUT2D eigenvalue weighted by atomic mass is 10.3. The van der Waals surface area contributed by atoms with Gasteiger partial charge in [-0.25, -0.2) is 8.42 Å². The van der Waals surface area contributed by atoms with E-state index in [9.17, 15) is 8.42 Å². The van der Waals surface area contributed by atoms with E-state index in [4.69, 9.17) is 39.5 Å². The Morgan fingerprint density at radius 1 is 1.17 bits per heavy atom. The van der Waals surface area contributed by atoms with Crippen molar-refractivity contribution in [3.05, 3.63) is 24.3 Å². The summed E-state index contributed by atoms with van der Waals surface area (Å²) in [5.74, 6) is 0.590. The molecule has 1 aromatic carbocycles. The quantitative estimate of drug-likeness (QED) is 0.606. The van der Waals surface area contributed by atoms with Crippen molar-refractivity contribution in [1.82, 2.24) is 0 Å². The summed E-state index contributed by atoms with van der Waals surface area (Å²) in [6.07, 6.45) is 1.97. The number of sulfone groups is 1. The number of benzene rings is 1. The van der Waals surface area contributed by atoms with Crippen molar-refractivity contribution in [2.24, 2.45) is 0 Å². The van der Waals surface area contributed by atoms with Crippen LogP contribution >= 0.6 is 34.8 Å². The second-order valence-corrected chi connectivity index (χ2v) is 8.67. The van der Waals surface area contributed by atoms with Crippen molar-refractivity contribution in [1.29, 1.82) is 0 Å². The second-order valence-electron chi connectivity index (χ2n) is 3.62. The van der Waals surface area contributed by atoms with Crippen molar-refractivity contribution in [3.63, 3.8) is 0 Å². The van der Waals surface area contributed by atoms with E-state index < -0.39 is 13.0 Å². The average molecular weight is 332 g/mol. The number of halogens is 3. The number of rotatable bonds is 5. The molecule has 0 heterocycles. The van der Waals surface area contributed by atoms with Crippen LogP contribution in [-0.2, 0) is 9.84 Å². The third-order valence-electron chi connectivity index (χ3n) is 2.21. The molecule has 102 valence electrons. The van der Waals surface area contributed by atoms with E-state index in [0.717, 1.165) is 12.8 Å². The van der Waals surface area contributed by atoms with E-state index in [2.05, 4.69) is 6.92 Å². The summed E-state index contributed by atoms with van der Waals surface area (Å²) in [6, 6.07) is 5.80. The number of ether oxygens (including phenoxy) is 1. The summed E-state index contributed by atoms with van der Waals surface area (Å²) in [5, 5.41) is 0. The van der Waals surface area contributed by atoms with Crippen LogP contribution in [-0.4, -0.2) is 18.1 Å². The minimum Gasteiger partial charge on any atom is -0.494 e. The minimum atomic E-state index is -3.98.